The average Bonchev–Trinajstić information content (AvgIpc) is 3.51. The lowest BCUT2D eigenvalue weighted by Gasteiger charge is -2.09. The maximum atomic E-state index is 5.74. The Hall–Kier alpha value is -2.13. The number of ether oxygens (including phenoxy) is 1. The monoisotopic (exact) mass is 304 g/mol. The van der Waals surface area contributed by atoms with Gasteiger partial charge in [-0.25, -0.2) is 0 Å². The molecule has 0 amide bonds. The minimum atomic E-state index is 0.303. The van der Waals surface area contributed by atoms with Gasteiger partial charge >= 0.3 is 0 Å². The van der Waals surface area contributed by atoms with Crippen LogP contribution in [0, 0.1) is 0 Å². The van der Waals surface area contributed by atoms with Crippen molar-refractivity contribution in [3.8, 4) is 0 Å². The first-order valence-electron chi connectivity index (χ1n) is 8.53. The van der Waals surface area contributed by atoms with Crippen molar-refractivity contribution < 1.29 is 4.74 Å². The van der Waals surface area contributed by atoms with Crippen LogP contribution < -0.4 is 0 Å². The quantitative estimate of drug-likeness (QED) is 0.799. The van der Waals surface area contributed by atoms with Crippen LogP contribution in [0.5, 0.6) is 0 Å². The van der Waals surface area contributed by atoms with Gasteiger partial charge in [0.25, 0.3) is 0 Å². The van der Waals surface area contributed by atoms with Gasteiger partial charge in [-0.2, -0.15) is 5.10 Å². The van der Waals surface area contributed by atoms with Crippen molar-refractivity contribution in [2.24, 2.45) is 5.10 Å². The fourth-order valence-electron chi connectivity index (χ4n) is 3.85. The van der Waals surface area contributed by atoms with Crippen LogP contribution in [0.25, 0.3) is 0 Å². The van der Waals surface area contributed by atoms with Crippen molar-refractivity contribution in [2.45, 2.75) is 43.6 Å². The fraction of sp³-hybridized carbons (Fsp3) is 0.350. The summed E-state index contributed by atoms with van der Waals surface area (Å²) in [5, 5.41) is 7.28. The molecule has 0 aromatic heterocycles. The van der Waals surface area contributed by atoms with Gasteiger partial charge in [-0.15, -0.1) is 0 Å². The van der Waals surface area contributed by atoms with Crippen LogP contribution in [0.2, 0.25) is 0 Å². The highest BCUT2D eigenvalue weighted by atomic mass is 16.6. The molecule has 3 nitrogen and oxygen atoms in total. The molecule has 2 unspecified atom stereocenters. The van der Waals surface area contributed by atoms with Crippen LogP contribution in [0.4, 0.5) is 0 Å². The summed E-state index contributed by atoms with van der Waals surface area (Å²) in [6.07, 6.45) is 4.25. The third kappa shape index (κ3) is 2.36. The number of nitrogens with zero attached hydrogens (tertiary/aromatic N) is 2. The predicted molar refractivity (Wildman–Crippen MR) is 90.2 cm³/mol. The van der Waals surface area contributed by atoms with E-state index in [-0.39, 0.29) is 0 Å². The zero-order valence-electron chi connectivity index (χ0n) is 13.0. The Balaban J connectivity index is 1.47. The summed E-state index contributed by atoms with van der Waals surface area (Å²) in [7, 11) is 0. The van der Waals surface area contributed by atoms with Gasteiger partial charge in [0, 0.05) is 0 Å². The van der Waals surface area contributed by atoms with Crippen LogP contribution in [-0.4, -0.2) is 22.9 Å². The van der Waals surface area contributed by atoms with E-state index in [0.29, 0.717) is 24.3 Å². The Kier molecular flexibility index (Phi) is 3.01. The number of rotatable bonds is 3. The second-order valence-corrected chi connectivity index (χ2v) is 6.67. The molecule has 5 rings (SSSR count). The zero-order chi connectivity index (χ0) is 15.2. The minimum Gasteiger partial charge on any atom is -0.363 e. The summed E-state index contributed by atoms with van der Waals surface area (Å²) < 4.78 is 5.74. The van der Waals surface area contributed by atoms with Gasteiger partial charge in [0.1, 0.15) is 6.10 Å². The Morgan fingerprint density at radius 1 is 0.870 bits per heavy atom. The van der Waals surface area contributed by atoms with Gasteiger partial charge in [0.05, 0.1) is 23.9 Å². The van der Waals surface area contributed by atoms with E-state index in [1.165, 1.54) is 29.7 Å². The fourth-order valence-corrected chi connectivity index (χ4v) is 3.85. The van der Waals surface area contributed by atoms with E-state index in [4.69, 9.17) is 9.84 Å². The van der Waals surface area contributed by atoms with Crippen molar-refractivity contribution in [1.29, 1.82) is 0 Å². The molecule has 1 aliphatic carbocycles. The highest BCUT2D eigenvalue weighted by Crippen LogP contribution is 2.55. The summed E-state index contributed by atoms with van der Waals surface area (Å²) >= 11 is 0. The molecule has 3 heteroatoms. The standard InChI is InChI=1S/C20H20N2O/c1-3-8-14(9-4-1)18-19(15-10-5-2-6-11-15)22(18)21-16-12-7-13-17-20(16)23-17/h1-6,8-11,17-20H,7,12-13H2/b21-16-/t17?,18-,19-,20?/m1/s1. The molecule has 2 aromatic carbocycles. The Morgan fingerprint density at radius 3 is 2.09 bits per heavy atom. The number of hydrogen-bond donors (Lipinski definition) is 0. The molecule has 2 aliphatic heterocycles. The van der Waals surface area contributed by atoms with Gasteiger partial charge in [-0.3, -0.25) is 5.01 Å². The highest BCUT2D eigenvalue weighted by Gasteiger charge is 2.52. The van der Waals surface area contributed by atoms with Crippen molar-refractivity contribution >= 4 is 5.71 Å². The summed E-state index contributed by atoms with van der Waals surface area (Å²) in [5.41, 5.74) is 3.94. The van der Waals surface area contributed by atoms with Gasteiger partial charge in [0.15, 0.2) is 0 Å². The number of hydrazone groups is 1. The molecule has 0 N–H and O–H groups in total. The van der Waals surface area contributed by atoms with Gasteiger partial charge < -0.3 is 4.74 Å². The highest BCUT2D eigenvalue weighted by molar-refractivity contribution is 5.92. The lowest BCUT2D eigenvalue weighted by molar-refractivity contribution is 0.388. The number of fused-ring (bicyclic) bond motifs is 1. The minimum absolute atomic E-state index is 0.303. The van der Waals surface area contributed by atoms with Crippen LogP contribution in [0.1, 0.15) is 42.5 Å². The average molecular weight is 304 g/mol. The van der Waals surface area contributed by atoms with Gasteiger partial charge in [-0.05, 0) is 30.4 Å². The number of hydrogen-bond acceptors (Lipinski definition) is 3. The molecule has 0 spiro atoms. The number of benzene rings is 2. The number of epoxide rings is 1. The SMILES string of the molecule is c1ccc([C@@H]2[C@@H](c3ccccc3)N2/N=C2/CCCC3OC23)cc1. The Labute approximate surface area is 136 Å². The predicted octanol–water partition coefficient (Wildman–Crippen LogP) is 4.09. The molecule has 23 heavy (non-hydrogen) atoms. The van der Waals surface area contributed by atoms with Crippen LogP contribution in [0.3, 0.4) is 0 Å². The van der Waals surface area contributed by atoms with Gasteiger partial charge in [0.2, 0.25) is 0 Å². The molecular formula is C20H20N2O. The van der Waals surface area contributed by atoms with Crippen LogP contribution in [-0.2, 0) is 4.74 Å². The normalized spacial score (nSPS) is 33.4. The topological polar surface area (TPSA) is 27.9 Å². The molecular weight excluding hydrogens is 284 g/mol. The lowest BCUT2D eigenvalue weighted by Crippen LogP contribution is -2.17. The second-order valence-electron chi connectivity index (χ2n) is 6.67. The molecule has 3 aliphatic rings. The van der Waals surface area contributed by atoms with Crippen molar-refractivity contribution in [3.63, 3.8) is 0 Å². The molecule has 1 saturated carbocycles. The molecule has 0 bridgehead atoms. The van der Waals surface area contributed by atoms with E-state index in [9.17, 15) is 0 Å². The van der Waals surface area contributed by atoms with E-state index >= 15 is 0 Å². The van der Waals surface area contributed by atoms with E-state index < -0.39 is 0 Å². The van der Waals surface area contributed by atoms with Gasteiger partial charge in [-0.1, -0.05) is 60.7 Å². The smallest absolute Gasteiger partial charge is 0.124 e. The Morgan fingerprint density at radius 2 is 1.48 bits per heavy atom. The largest absolute Gasteiger partial charge is 0.363 e. The summed E-state index contributed by atoms with van der Waals surface area (Å²) in [6, 6.07) is 22.1. The second kappa shape index (κ2) is 5.20. The lowest BCUT2D eigenvalue weighted by atomic mass is 9.99. The third-order valence-corrected chi connectivity index (χ3v) is 5.14. The van der Waals surface area contributed by atoms with E-state index in [1.54, 1.807) is 0 Å². The third-order valence-electron chi connectivity index (χ3n) is 5.14. The Bertz CT molecular complexity index is 682. The summed E-state index contributed by atoms with van der Waals surface area (Å²) in [4.78, 5) is 0. The molecule has 3 fully saturated rings. The van der Waals surface area contributed by atoms with E-state index in [0.717, 1.165) is 6.42 Å². The molecule has 116 valence electrons. The first-order chi connectivity index (χ1) is 11.4. The van der Waals surface area contributed by atoms with E-state index in [2.05, 4.69) is 65.7 Å². The summed E-state index contributed by atoms with van der Waals surface area (Å²) in [6.45, 7) is 0. The van der Waals surface area contributed by atoms with Crippen molar-refractivity contribution in [2.75, 3.05) is 0 Å². The van der Waals surface area contributed by atoms with Crippen LogP contribution >= 0.6 is 0 Å². The maximum Gasteiger partial charge on any atom is 0.124 e. The first kappa shape index (κ1) is 13.3. The van der Waals surface area contributed by atoms with Crippen molar-refractivity contribution in [1.82, 2.24) is 5.01 Å². The molecule has 2 heterocycles. The van der Waals surface area contributed by atoms with E-state index in [1.807, 2.05) is 0 Å². The van der Waals surface area contributed by atoms with Crippen LogP contribution in [0.15, 0.2) is 65.8 Å². The molecule has 2 aromatic rings. The first-order valence-corrected chi connectivity index (χ1v) is 8.53. The molecule has 2 saturated heterocycles. The van der Waals surface area contributed by atoms with Crippen molar-refractivity contribution in [3.05, 3.63) is 71.8 Å². The summed E-state index contributed by atoms with van der Waals surface area (Å²) in [5.74, 6) is 0. The molecule has 4 atom stereocenters. The maximum absolute atomic E-state index is 5.74. The zero-order valence-corrected chi connectivity index (χ0v) is 13.0. The molecule has 0 radical (unpaired) electrons.